The summed E-state index contributed by atoms with van der Waals surface area (Å²) in [7, 11) is -3.46. The van der Waals surface area contributed by atoms with Crippen molar-refractivity contribution < 1.29 is 17.9 Å². The third kappa shape index (κ3) is 6.51. The van der Waals surface area contributed by atoms with E-state index in [1.165, 1.54) is 12.3 Å². The molecule has 2 amide bonds. The van der Waals surface area contributed by atoms with Crippen molar-refractivity contribution in [3.63, 3.8) is 0 Å². The van der Waals surface area contributed by atoms with Crippen LogP contribution in [0.15, 0.2) is 72.5 Å². The molecular weight excluding hydrogens is 538 g/mol. The van der Waals surface area contributed by atoms with E-state index >= 15 is 0 Å². The number of amides is 2. The molecule has 0 fully saturated rings. The van der Waals surface area contributed by atoms with E-state index in [1.54, 1.807) is 51.9 Å². The molecule has 39 heavy (non-hydrogen) atoms. The molecule has 0 radical (unpaired) electrons. The van der Waals surface area contributed by atoms with Gasteiger partial charge in [0, 0.05) is 35.8 Å². The average molecular weight is 564 g/mol. The molecule has 0 aliphatic rings. The van der Waals surface area contributed by atoms with E-state index in [9.17, 15) is 13.2 Å². The number of ether oxygens (including phenoxy) is 1. The van der Waals surface area contributed by atoms with Crippen LogP contribution in [0.5, 0.6) is 11.5 Å². The fourth-order valence-electron chi connectivity index (χ4n) is 3.71. The normalized spacial score (nSPS) is 11.5. The van der Waals surface area contributed by atoms with Crippen LogP contribution in [0.25, 0.3) is 21.5 Å². The quantitative estimate of drug-likeness (QED) is 0.212. The molecule has 2 aromatic carbocycles. The second-order valence-corrected chi connectivity index (χ2v) is 11.6. The van der Waals surface area contributed by atoms with Crippen molar-refractivity contribution in [1.29, 1.82) is 0 Å². The number of nitrogens with zero attached hydrogens (tertiary/aromatic N) is 4. The van der Waals surface area contributed by atoms with Crippen LogP contribution in [0.3, 0.4) is 0 Å². The molecule has 3 aromatic heterocycles. The minimum absolute atomic E-state index is 0.108. The summed E-state index contributed by atoms with van der Waals surface area (Å²) >= 11 is 1.57. The lowest BCUT2D eigenvalue weighted by molar-refractivity contribution is 0.262. The number of carbonyl (C=O) groups is 1. The first-order chi connectivity index (χ1) is 18.6. The number of carbonyl (C=O) groups excluding carboxylic acids is 1. The molecule has 0 aliphatic carbocycles. The summed E-state index contributed by atoms with van der Waals surface area (Å²) in [4.78, 5) is 21.2. The van der Waals surface area contributed by atoms with E-state index in [-0.39, 0.29) is 11.9 Å². The highest BCUT2D eigenvalue weighted by Gasteiger charge is 2.16. The van der Waals surface area contributed by atoms with Gasteiger partial charge in [-0.15, -0.1) is 11.3 Å². The zero-order chi connectivity index (χ0) is 27.6. The van der Waals surface area contributed by atoms with Gasteiger partial charge in [0.05, 0.1) is 27.7 Å². The Kier molecular flexibility index (Phi) is 7.17. The number of anilines is 3. The van der Waals surface area contributed by atoms with Gasteiger partial charge in [-0.1, -0.05) is 6.07 Å². The summed E-state index contributed by atoms with van der Waals surface area (Å²) < 4.78 is 33.8. The number of benzene rings is 2. The Morgan fingerprint density at radius 2 is 1.79 bits per heavy atom. The summed E-state index contributed by atoms with van der Waals surface area (Å²) in [6.07, 6.45) is 4.29. The number of fused-ring (bicyclic) bond motifs is 1. The third-order valence-corrected chi connectivity index (χ3v) is 6.87. The van der Waals surface area contributed by atoms with E-state index in [4.69, 9.17) is 9.84 Å². The minimum Gasteiger partial charge on any atom is -0.457 e. The van der Waals surface area contributed by atoms with E-state index in [1.807, 2.05) is 38.2 Å². The standard InChI is InChI=1S/C26H25N7O4S2/c1-16(2)33-14-22(25(31-33)17-4-9-23-21(12-17)28-15-38-23)30-26(34)29-18-5-7-19(8-6-18)37-20-10-11-27-24(13-20)32-39(3,35)36/h4-16H,1-3H3,(H,27,32)(H2,29,30,34). The number of urea groups is 1. The van der Waals surface area contributed by atoms with Crippen molar-refractivity contribution in [1.82, 2.24) is 19.7 Å². The molecule has 0 aliphatic heterocycles. The molecule has 0 spiro atoms. The van der Waals surface area contributed by atoms with Crippen LogP contribution >= 0.6 is 11.3 Å². The topological polar surface area (TPSA) is 140 Å². The van der Waals surface area contributed by atoms with Gasteiger partial charge < -0.3 is 15.4 Å². The highest BCUT2D eigenvalue weighted by Crippen LogP contribution is 2.31. The summed E-state index contributed by atoms with van der Waals surface area (Å²) in [5.74, 6) is 1.05. The predicted octanol–water partition coefficient (Wildman–Crippen LogP) is 5.94. The van der Waals surface area contributed by atoms with Crippen LogP contribution < -0.4 is 20.1 Å². The Bertz CT molecular complexity index is 1750. The third-order valence-electron chi connectivity index (χ3n) is 5.48. The van der Waals surface area contributed by atoms with Gasteiger partial charge in [-0.25, -0.2) is 23.2 Å². The van der Waals surface area contributed by atoms with Crippen molar-refractivity contribution in [3.05, 3.63) is 72.5 Å². The van der Waals surface area contributed by atoms with Crippen LogP contribution in [0, 0.1) is 0 Å². The zero-order valence-corrected chi connectivity index (χ0v) is 22.9. The van der Waals surface area contributed by atoms with Gasteiger partial charge in [0.25, 0.3) is 0 Å². The number of pyridine rings is 1. The summed E-state index contributed by atoms with van der Waals surface area (Å²) in [5.41, 5.74) is 5.32. The number of thiazole rings is 1. The van der Waals surface area contributed by atoms with E-state index in [2.05, 4.69) is 25.3 Å². The van der Waals surface area contributed by atoms with E-state index in [0.29, 0.717) is 28.6 Å². The number of sulfonamides is 1. The molecule has 200 valence electrons. The molecule has 0 saturated carbocycles. The van der Waals surface area contributed by atoms with Crippen LogP contribution in [-0.2, 0) is 10.0 Å². The first kappa shape index (κ1) is 26.1. The van der Waals surface area contributed by atoms with Crippen LogP contribution in [0.4, 0.5) is 22.0 Å². The number of hydrogen-bond donors (Lipinski definition) is 3. The second kappa shape index (κ2) is 10.7. The van der Waals surface area contributed by atoms with Crippen LogP contribution in [0.2, 0.25) is 0 Å². The Morgan fingerprint density at radius 3 is 2.54 bits per heavy atom. The largest absolute Gasteiger partial charge is 0.457 e. The van der Waals surface area contributed by atoms with Gasteiger partial charge in [-0.2, -0.15) is 5.10 Å². The fourth-order valence-corrected chi connectivity index (χ4v) is 4.86. The Hall–Kier alpha value is -4.49. The lowest BCUT2D eigenvalue weighted by Gasteiger charge is -2.10. The van der Waals surface area contributed by atoms with Gasteiger partial charge in [0.15, 0.2) is 0 Å². The Morgan fingerprint density at radius 1 is 1.00 bits per heavy atom. The maximum Gasteiger partial charge on any atom is 0.323 e. The summed E-state index contributed by atoms with van der Waals surface area (Å²) in [6.45, 7) is 4.03. The number of rotatable bonds is 8. The number of hydrogen-bond acceptors (Lipinski definition) is 8. The van der Waals surface area contributed by atoms with Gasteiger partial charge in [0.2, 0.25) is 10.0 Å². The Balaban J connectivity index is 1.27. The number of nitrogens with one attached hydrogen (secondary N) is 3. The smallest absolute Gasteiger partial charge is 0.323 e. The van der Waals surface area contributed by atoms with Gasteiger partial charge in [0.1, 0.15) is 23.0 Å². The van der Waals surface area contributed by atoms with Gasteiger partial charge in [-0.3, -0.25) is 9.40 Å². The molecule has 5 rings (SSSR count). The first-order valence-corrected chi connectivity index (χ1v) is 14.6. The SMILES string of the molecule is CC(C)n1cc(NC(=O)Nc2ccc(Oc3ccnc(NS(C)(=O)=O)c3)cc2)c(-c2ccc3scnc3c2)n1. The monoisotopic (exact) mass is 563 g/mol. The molecule has 13 heteroatoms. The highest BCUT2D eigenvalue weighted by atomic mass is 32.2. The molecule has 0 unspecified atom stereocenters. The lowest BCUT2D eigenvalue weighted by Crippen LogP contribution is -2.19. The molecule has 3 N–H and O–H groups in total. The van der Waals surface area contributed by atoms with Crippen LogP contribution in [0.1, 0.15) is 19.9 Å². The van der Waals surface area contributed by atoms with Crippen LogP contribution in [-0.4, -0.2) is 40.5 Å². The lowest BCUT2D eigenvalue weighted by atomic mass is 10.1. The van der Waals surface area contributed by atoms with E-state index in [0.717, 1.165) is 22.0 Å². The van der Waals surface area contributed by atoms with E-state index < -0.39 is 16.1 Å². The van der Waals surface area contributed by atoms with Gasteiger partial charge in [-0.05, 0) is 56.3 Å². The van der Waals surface area contributed by atoms with Crippen molar-refractivity contribution in [2.75, 3.05) is 21.6 Å². The van der Waals surface area contributed by atoms with Crippen molar-refractivity contribution in [2.45, 2.75) is 19.9 Å². The number of aromatic nitrogens is 4. The summed E-state index contributed by atoms with van der Waals surface area (Å²) in [5, 5.41) is 10.4. The van der Waals surface area contributed by atoms with Gasteiger partial charge >= 0.3 is 6.03 Å². The maximum atomic E-state index is 12.9. The predicted molar refractivity (Wildman–Crippen MR) is 153 cm³/mol. The molecule has 11 nitrogen and oxygen atoms in total. The molecule has 0 bridgehead atoms. The second-order valence-electron chi connectivity index (χ2n) is 8.96. The maximum absolute atomic E-state index is 12.9. The van der Waals surface area contributed by atoms with Crippen molar-refractivity contribution in [2.24, 2.45) is 0 Å². The molecule has 0 saturated heterocycles. The zero-order valence-electron chi connectivity index (χ0n) is 21.2. The highest BCUT2D eigenvalue weighted by molar-refractivity contribution is 7.92. The minimum atomic E-state index is -3.46. The molecule has 5 aromatic rings. The molecule has 0 atom stereocenters. The summed E-state index contributed by atoms with van der Waals surface area (Å²) in [6, 6.07) is 15.5. The van der Waals surface area contributed by atoms with Crippen molar-refractivity contribution in [3.8, 4) is 22.8 Å². The Labute approximate surface area is 228 Å². The molecular formula is C26H25N7O4S2. The fraction of sp³-hybridized carbons (Fsp3) is 0.154. The molecule has 3 heterocycles. The average Bonchev–Trinajstić information content (AvgIpc) is 3.51. The van der Waals surface area contributed by atoms with Crippen molar-refractivity contribution >= 4 is 54.8 Å². The first-order valence-electron chi connectivity index (χ1n) is 11.9.